The van der Waals surface area contributed by atoms with E-state index < -0.39 is 0 Å². The lowest BCUT2D eigenvalue weighted by Crippen LogP contribution is -2.13. The zero-order valence-electron chi connectivity index (χ0n) is 8.91. The highest BCUT2D eigenvalue weighted by Gasteiger charge is 2.08. The van der Waals surface area contributed by atoms with Crippen LogP contribution in [0.25, 0.3) is 10.9 Å². The number of hydrogen-bond donors (Lipinski definition) is 3. The lowest BCUT2D eigenvalue weighted by molar-refractivity contribution is -0.117. The third-order valence-electron chi connectivity index (χ3n) is 2.36. The summed E-state index contributed by atoms with van der Waals surface area (Å²) in [6.07, 6.45) is 0.178. The molecule has 0 saturated heterocycles. The number of carbonyl (C=O) groups is 1. The van der Waals surface area contributed by atoms with E-state index in [1.165, 1.54) is 0 Å². The molecule has 5 heteroatoms. The number of benzene rings is 1. The second-order valence-corrected chi connectivity index (χ2v) is 3.62. The van der Waals surface area contributed by atoms with Crippen LogP contribution in [0.4, 0.5) is 5.69 Å². The van der Waals surface area contributed by atoms with Gasteiger partial charge in [0.25, 0.3) is 0 Å². The molecule has 5 nitrogen and oxygen atoms in total. The van der Waals surface area contributed by atoms with E-state index in [0.717, 1.165) is 16.6 Å². The number of aromatic nitrogens is 1. The van der Waals surface area contributed by atoms with E-state index in [1.54, 1.807) is 19.2 Å². The summed E-state index contributed by atoms with van der Waals surface area (Å²) in [5, 5.41) is 0.896. The Hall–Kier alpha value is -2.17. The van der Waals surface area contributed by atoms with Gasteiger partial charge < -0.3 is 21.2 Å². The van der Waals surface area contributed by atoms with Crippen LogP contribution in [0.2, 0.25) is 0 Å². The third kappa shape index (κ3) is 1.79. The molecule has 2 aromatic rings. The topological polar surface area (TPSA) is 94.1 Å². The molecule has 0 fully saturated rings. The molecule has 0 aliphatic carbocycles. The maximum absolute atomic E-state index is 10.8. The van der Waals surface area contributed by atoms with Crippen molar-refractivity contribution in [1.82, 2.24) is 4.98 Å². The Morgan fingerprint density at radius 2 is 2.19 bits per heavy atom. The molecular weight excluding hydrogens is 206 g/mol. The number of rotatable bonds is 3. The number of ether oxygens (including phenoxy) is 1. The minimum Gasteiger partial charge on any atom is -0.496 e. The van der Waals surface area contributed by atoms with Gasteiger partial charge in [-0.15, -0.1) is 0 Å². The van der Waals surface area contributed by atoms with Crippen molar-refractivity contribution in [3.8, 4) is 5.75 Å². The summed E-state index contributed by atoms with van der Waals surface area (Å²) in [5.74, 6) is 0.306. The quantitative estimate of drug-likeness (QED) is 0.666. The smallest absolute Gasteiger partial charge is 0.223 e. The summed E-state index contributed by atoms with van der Waals surface area (Å²) in [4.78, 5) is 13.9. The van der Waals surface area contributed by atoms with Gasteiger partial charge >= 0.3 is 0 Å². The molecule has 1 aromatic carbocycles. The van der Waals surface area contributed by atoms with Gasteiger partial charge in [-0.3, -0.25) is 4.79 Å². The summed E-state index contributed by atoms with van der Waals surface area (Å²) < 4.78 is 5.21. The fraction of sp³-hybridized carbons (Fsp3) is 0.182. The highest BCUT2D eigenvalue weighted by atomic mass is 16.5. The van der Waals surface area contributed by atoms with Crippen LogP contribution in [0.3, 0.4) is 0 Å². The van der Waals surface area contributed by atoms with Crippen LogP contribution >= 0.6 is 0 Å². The van der Waals surface area contributed by atoms with Crippen molar-refractivity contribution >= 4 is 22.5 Å². The van der Waals surface area contributed by atoms with Gasteiger partial charge in [0.2, 0.25) is 5.91 Å². The number of aromatic amines is 1. The summed E-state index contributed by atoms with van der Waals surface area (Å²) >= 11 is 0. The Balaban J connectivity index is 2.55. The lowest BCUT2D eigenvalue weighted by atomic mass is 10.2. The number of amides is 1. The van der Waals surface area contributed by atoms with Gasteiger partial charge in [0.15, 0.2) is 0 Å². The van der Waals surface area contributed by atoms with Gasteiger partial charge in [0.05, 0.1) is 19.0 Å². The molecule has 16 heavy (non-hydrogen) atoms. The number of carbonyl (C=O) groups excluding carboxylic acids is 1. The maximum atomic E-state index is 10.8. The van der Waals surface area contributed by atoms with Crippen LogP contribution in [0.1, 0.15) is 5.69 Å². The Labute approximate surface area is 92.4 Å². The maximum Gasteiger partial charge on any atom is 0.223 e. The molecule has 1 aromatic heterocycles. The molecule has 84 valence electrons. The van der Waals surface area contributed by atoms with Crippen molar-refractivity contribution in [3.05, 3.63) is 23.9 Å². The van der Waals surface area contributed by atoms with E-state index in [1.807, 2.05) is 6.07 Å². The first-order valence-corrected chi connectivity index (χ1v) is 4.83. The van der Waals surface area contributed by atoms with Crippen LogP contribution in [0, 0.1) is 0 Å². The summed E-state index contributed by atoms with van der Waals surface area (Å²) in [5.41, 5.74) is 13.1. The molecule has 0 bridgehead atoms. The Kier molecular flexibility index (Phi) is 2.44. The minimum absolute atomic E-state index is 0.178. The molecule has 1 heterocycles. The Bertz CT molecular complexity index is 545. The normalized spacial score (nSPS) is 10.6. The second-order valence-electron chi connectivity index (χ2n) is 3.62. The van der Waals surface area contributed by atoms with Gasteiger partial charge in [-0.05, 0) is 12.1 Å². The van der Waals surface area contributed by atoms with E-state index in [0.29, 0.717) is 11.4 Å². The number of nitrogen functional groups attached to an aromatic ring is 1. The minimum atomic E-state index is -0.376. The molecule has 0 unspecified atom stereocenters. The van der Waals surface area contributed by atoms with Gasteiger partial charge in [-0.2, -0.15) is 0 Å². The lowest BCUT2D eigenvalue weighted by Gasteiger charge is -2.02. The van der Waals surface area contributed by atoms with Crippen LogP contribution in [-0.4, -0.2) is 18.0 Å². The van der Waals surface area contributed by atoms with Crippen molar-refractivity contribution in [1.29, 1.82) is 0 Å². The number of hydrogen-bond acceptors (Lipinski definition) is 3. The molecule has 2 rings (SSSR count). The number of nitrogens with two attached hydrogens (primary N) is 2. The summed E-state index contributed by atoms with van der Waals surface area (Å²) in [7, 11) is 1.58. The van der Waals surface area contributed by atoms with Crippen LogP contribution in [0.5, 0.6) is 5.75 Å². The van der Waals surface area contributed by atoms with Crippen molar-refractivity contribution in [2.24, 2.45) is 5.73 Å². The molecule has 0 aliphatic heterocycles. The van der Waals surface area contributed by atoms with Crippen molar-refractivity contribution < 1.29 is 9.53 Å². The number of anilines is 1. The van der Waals surface area contributed by atoms with Gasteiger partial charge in [-0.25, -0.2) is 0 Å². The molecule has 0 spiro atoms. The van der Waals surface area contributed by atoms with E-state index in [2.05, 4.69) is 4.98 Å². The molecule has 5 N–H and O–H groups in total. The second kappa shape index (κ2) is 3.77. The summed E-state index contributed by atoms with van der Waals surface area (Å²) in [6, 6.07) is 5.38. The monoisotopic (exact) mass is 219 g/mol. The predicted octanol–water partition coefficient (Wildman–Crippen LogP) is 0.786. The number of H-pyrrole nitrogens is 1. The standard InChI is InChI=1S/C11H13N3O2/c1-16-10-3-6(12)2-9-8(10)4-7(14-9)5-11(13)15/h2-4,14H,5,12H2,1H3,(H2,13,15). The van der Waals surface area contributed by atoms with E-state index in [9.17, 15) is 4.79 Å². The van der Waals surface area contributed by atoms with Gasteiger partial charge in [-0.1, -0.05) is 0 Å². The highest BCUT2D eigenvalue weighted by molar-refractivity contribution is 5.90. The third-order valence-corrected chi connectivity index (χ3v) is 2.36. The molecule has 1 amide bonds. The largest absolute Gasteiger partial charge is 0.496 e. The zero-order valence-corrected chi connectivity index (χ0v) is 8.91. The van der Waals surface area contributed by atoms with E-state index in [-0.39, 0.29) is 12.3 Å². The first kappa shape index (κ1) is 10.4. The summed E-state index contributed by atoms with van der Waals surface area (Å²) in [6.45, 7) is 0. The fourth-order valence-electron chi connectivity index (χ4n) is 1.74. The first-order valence-electron chi connectivity index (χ1n) is 4.83. The Morgan fingerprint density at radius 3 is 2.81 bits per heavy atom. The zero-order chi connectivity index (χ0) is 11.7. The van der Waals surface area contributed by atoms with Crippen LogP contribution < -0.4 is 16.2 Å². The van der Waals surface area contributed by atoms with Crippen LogP contribution in [0.15, 0.2) is 18.2 Å². The van der Waals surface area contributed by atoms with Gasteiger partial charge in [0, 0.05) is 22.8 Å². The highest BCUT2D eigenvalue weighted by Crippen LogP contribution is 2.29. The molecule has 0 atom stereocenters. The molecule has 0 radical (unpaired) electrons. The molecular formula is C11H13N3O2. The number of nitrogens with one attached hydrogen (secondary N) is 1. The number of primary amides is 1. The molecule has 0 aliphatic rings. The molecule has 0 saturated carbocycles. The Morgan fingerprint density at radius 1 is 1.44 bits per heavy atom. The van der Waals surface area contributed by atoms with Crippen LogP contribution in [-0.2, 0) is 11.2 Å². The predicted molar refractivity (Wildman–Crippen MR) is 62.2 cm³/mol. The van der Waals surface area contributed by atoms with Crippen molar-refractivity contribution in [3.63, 3.8) is 0 Å². The number of fused-ring (bicyclic) bond motifs is 1. The van der Waals surface area contributed by atoms with Crippen molar-refractivity contribution in [2.75, 3.05) is 12.8 Å². The van der Waals surface area contributed by atoms with Crippen molar-refractivity contribution in [2.45, 2.75) is 6.42 Å². The number of methoxy groups -OCH3 is 1. The average molecular weight is 219 g/mol. The fourth-order valence-corrected chi connectivity index (χ4v) is 1.74. The average Bonchev–Trinajstić information content (AvgIpc) is 2.57. The first-order chi connectivity index (χ1) is 7.60. The van der Waals surface area contributed by atoms with E-state index >= 15 is 0 Å². The van der Waals surface area contributed by atoms with Gasteiger partial charge in [0.1, 0.15) is 5.75 Å². The van der Waals surface area contributed by atoms with E-state index in [4.69, 9.17) is 16.2 Å². The SMILES string of the molecule is COc1cc(N)cc2[nH]c(CC(N)=O)cc12.